The fraction of sp³-hybridized carbons (Fsp3) is 0.333. The molecule has 0 bridgehead atoms. The Kier molecular flexibility index (Phi) is 9.66. The Labute approximate surface area is 128 Å². The number of nitrogens with zero attached hydrogens (tertiary/aromatic N) is 4. The quantitative estimate of drug-likeness (QED) is 0.137. The van der Waals surface area contributed by atoms with E-state index >= 15 is 0 Å². The van der Waals surface area contributed by atoms with Crippen molar-refractivity contribution in [3.05, 3.63) is 0 Å². The van der Waals surface area contributed by atoms with Crippen molar-refractivity contribution in [3.63, 3.8) is 0 Å². The van der Waals surface area contributed by atoms with Gasteiger partial charge in [-0.1, -0.05) is 11.8 Å². The molecule has 10 heteroatoms. The molecule has 0 atom stereocenters. The van der Waals surface area contributed by atoms with Crippen LogP contribution in [0.25, 0.3) is 0 Å². The van der Waals surface area contributed by atoms with E-state index in [4.69, 9.17) is 34.4 Å². The molecule has 0 aromatic rings. The molecule has 0 saturated carbocycles. The summed E-state index contributed by atoms with van der Waals surface area (Å²) < 4.78 is 0. The highest BCUT2D eigenvalue weighted by atomic mass is 15.1. The first kappa shape index (κ1) is 18.6. The number of guanidine groups is 4. The molecule has 0 saturated heterocycles. The lowest BCUT2D eigenvalue weighted by Gasteiger charge is -1.92. The third-order valence-corrected chi connectivity index (χ3v) is 1.75. The predicted molar refractivity (Wildman–Crippen MR) is 89.4 cm³/mol. The molecular weight excluding hydrogens is 284 g/mol. The van der Waals surface area contributed by atoms with Gasteiger partial charge in [0.2, 0.25) is 11.9 Å². The summed E-state index contributed by atoms with van der Waals surface area (Å²) in [6.45, 7) is 0.771. The summed E-state index contributed by atoms with van der Waals surface area (Å²) in [7, 11) is 0. The van der Waals surface area contributed by atoms with Crippen LogP contribution < -0.4 is 34.4 Å². The second kappa shape index (κ2) is 11.4. The zero-order valence-electron chi connectivity index (χ0n) is 12.1. The Morgan fingerprint density at radius 3 is 1.32 bits per heavy atom. The first-order valence-corrected chi connectivity index (χ1v) is 6.16. The van der Waals surface area contributed by atoms with E-state index in [2.05, 4.69) is 43.7 Å². The molecule has 22 heavy (non-hydrogen) atoms. The summed E-state index contributed by atoms with van der Waals surface area (Å²) in [5, 5.41) is 0. The van der Waals surface area contributed by atoms with Crippen LogP contribution in [-0.4, -0.2) is 36.9 Å². The zero-order valence-corrected chi connectivity index (χ0v) is 12.1. The molecule has 0 fully saturated rings. The summed E-state index contributed by atoms with van der Waals surface area (Å²) in [6, 6.07) is 0. The Morgan fingerprint density at radius 1 is 0.636 bits per heavy atom. The highest BCUT2D eigenvalue weighted by Gasteiger charge is 1.87. The minimum Gasteiger partial charge on any atom is -0.370 e. The van der Waals surface area contributed by atoms with Gasteiger partial charge < -0.3 is 34.4 Å². The SMILES string of the molecule is NC(N)=NC(N)=NCCC#CC#CCCN=C(N)N=C(N)N. The highest BCUT2D eigenvalue weighted by molar-refractivity contribution is 5.92. The Bertz CT molecular complexity index is 529. The Morgan fingerprint density at radius 2 is 1.00 bits per heavy atom. The molecule has 0 aromatic carbocycles. The Hall–Kier alpha value is -3.40. The average molecular weight is 304 g/mol. The zero-order chi connectivity index (χ0) is 16.8. The van der Waals surface area contributed by atoms with Gasteiger partial charge in [0.05, 0.1) is 13.1 Å². The number of hydrogen-bond acceptors (Lipinski definition) is 2. The van der Waals surface area contributed by atoms with Gasteiger partial charge in [-0.25, -0.2) is 0 Å². The van der Waals surface area contributed by atoms with E-state index in [1.807, 2.05) is 0 Å². The number of rotatable bonds is 4. The van der Waals surface area contributed by atoms with Gasteiger partial charge in [-0.05, 0) is 11.8 Å². The molecular formula is C12H20N10. The van der Waals surface area contributed by atoms with Crippen molar-refractivity contribution in [2.75, 3.05) is 13.1 Å². The number of nitrogens with two attached hydrogens (primary N) is 6. The molecule has 10 nitrogen and oxygen atoms in total. The monoisotopic (exact) mass is 304 g/mol. The molecule has 12 N–H and O–H groups in total. The molecule has 0 amide bonds. The van der Waals surface area contributed by atoms with Crippen molar-refractivity contribution in [1.82, 2.24) is 0 Å². The maximum Gasteiger partial charge on any atom is 0.218 e. The second-order valence-electron chi connectivity index (χ2n) is 3.66. The lowest BCUT2D eigenvalue weighted by atomic mass is 10.4. The van der Waals surface area contributed by atoms with Gasteiger partial charge in [0.15, 0.2) is 11.9 Å². The van der Waals surface area contributed by atoms with E-state index in [9.17, 15) is 0 Å². The van der Waals surface area contributed by atoms with E-state index in [-0.39, 0.29) is 23.8 Å². The second-order valence-corrected chi connectivity index (χ2v) is 3.66. The number of aliphatic imine (C=N–C) groups is 4. The minimum atomic E-state index is -0.138. The van der Waals surface area contributed by atoms with Gasteiger partial charge in [0.25, 0.3) is 0 Å². The van der Waals surface area contributed by atoms with Crippen LogP contribution in [0.1, 0.15) is 12.8 Å². The molecule has 118 valence electrons. The normalized spacial score (nSPS) is 10.5. The molecule has 0 unspecified atom stereocenters. The third kappa shape index (κ3) is 13.0. The fourth-order valence-corrected chi connectivity index (χ4v) is 1.00. The van der Waals surface area contributed by atoms with Crippen LogP contribution in [0.4, 0.5) is 0 Å². The minimum absolute atomic E-state index is 0.0177. The summed E-state index contributed by atoms with van der Waals surface area (Å²) in [5.41, 5.74) is 31.3. The summed E-state index contributed by atoms with van der Waals surface area (Å²) in [5.74, 6) is 10.7. The van der Waals surface area contributed by atoms with Crippen molar-refractivity contribution in [2.45, 2.75) is 12.8 Å². The smallest absolute Gasteiger partial charge is 0.218 e. The van der Waals surface area contributed by atoms with E-state index in [1.165, 1.54) is 0 Å². The predicted octanol–water partition coefficient (Wildman–Crippen LogP) is -3.05. The molecule has 0 rings (SSSR count). The summed E-state index contributed by atoms with van der Waals surface area (Å²) in [6.07, 6.45) is 0.982. The lowest BCUT2D eigenvalue weighted by molar-refractivity contribution is 1.02. The Balaban J connectivity index is 4.00. The van der Waals surface area contributed by atoms with E-state index < -0.39 is 0 Å². The van der Waals surface area contributed by atoms with Gasteiger partial charge in [-0.3, -0.25) is 9.98 Å². The van der Waals surface area contributed by atoms with Crippen LogP contribution in [0.15, 0.2) is 20.0 Å². The van der Waals surface area contributed by atoms with Crippen LogP contribution >= 0.6 is 0 Å². The lowest BCUT2D eigenvalue weighted by Crippen LogP contribution is -2.26. The molecule has 0 aliphatic carbocycles. The topological polar surface area (TPSA) is 206 Å². The fourth-order valence-electron chi connectivity index (χ4n) is 1.00. The molecule has 0 aliphatic heterocycles. The average Bonchev–Trinajstić information content (AvgIpc) is 2.39. The standard InChI is InChI=1S/C12H20N10/c13-9(14)21-11(17)19-7-5-3-1-2-4-6-8-20-12(18)22-10(15)16/h5-8H2,(H6,13,14,17,19,21)(H6,15,16,18,20,22). The van der Waals surface area contributed by atoms with Crippen LogP contribution in [0.3, 0.4) is 0 Å². The van der Waals surface area contributed by atoms with Crippen molar-refractivity contribution < 1.29 is 0 Å². The number of hydrogen-bond donors (Lipinski definition) is 6. The van der Waals surface area contributed by atoms with Gasteiger partial charge >= 0.3 is 0 Å². The summed E-state index contributed by atoms with van der Waals surface area (Å²) in [4.78, 5) is 14.9. The van der Waals surface area contributed by atoms with Gasteiger partial charge in [0, 0.05) is 12.8 Å². The molecule has 0 spiro atoms. The molecule has 0 radical (unpaired) electrons. The van der Waals surface area contributed by atoms with E-state index in [0.29, 0.717) is 25.9 Å². The van der Waals surface area contributed by atoms with Crippen molar-refractivity contribution in [1.29, 1.82) is 0 Å². The first-order chi connectivity index (χ1) is 10.4. The highest BCUT2D eigenvalue weighted by Crippen LogP contribution is 1.81. The maximum atomic E-state index is 5.40. The van der Waals surface area contributed by atoms with Crippen LogP contribution in [-0.2, 0) is 0 Å². The van der Waals surface area contributed by atoms with Crippen molar-refractivity contribution in [3.8, 4) is 23.7 Å². The first-order valence-electron chi connectivity index (χ1n) is 6.16. The third-order valence-electron chi connectivity index (χ3n) is 1.75. The summed E-state index contributed by atoms with van der Waals surface area (Å²) >= 11 is 0. The van der Waals surface area contributed by atoms with Crippen molar-refractivity contribution >= 4 is 23.8 Å². The maximum absolute atomic E-state index is 5.40. The largest absolute Gasteiger partial charge is 0.370 e. The molecule has 0 heterocycles. The van der Waals surface area contributed by atoms with Gasteiger partial charge in [0.1, 0.15) is 0 Å². The molecule has 0 aliphatic rings. The van der Waals surface area contributed by atoms with E-state index in [0.717, 1.165) is 0 Å². The molecule has 0 aromatic heterocycles. The van der Waals surface area contributed by atoms with Crippen molar-refractivity contribution in [2.24, 2.45) is 54.4 Å². The van der Waals surface area contributed by atoms with Crippen LogP contribution in [0, 0.1) is 23.7 Å². The van der Waals surface area contributed by atoms with Gasteiger partial charge in [-0.2, -0.15) is 9.98 Å². The van der Waals surface area contributed by atoms with Gasteiger partial charge in [-0.15, -0.1) is 0 Å². The van der Waals surface area contributed by atoms with Crippen LogP contribution in [0.2, 0.25) is 0 Å². The van der Waals surface area contributed by atoms with E-state index in [1.54, 1.807) is 0 Å². The van der Waals surface area contributed by atoms with Crippen LogP contribution in [0.5, 0.6) is 0 Å².